The molecule has 1 aliphatic rings. The standard InChI is InChI=1S/C16H11ClFNO2/c1-9-7-11(18)6-5-10(9)8-19-13-4-2-3-12(17)14(13)15(20)16(19)21/h2-7H,8H2,1H3. The number of benzene rings is 2. The minimum atomic E-state index is -0.609. The van der Waals surface area contributed by atoms with Crippen molar-refractivity contribution in [3.8, 4) is 0 Å². The molecule has 0 radical (unpaired) electrons. The molecule has 0 saturated heterocycles. The van der Waals surface area contributed by atoms with E-state index >= 15 is 0 Å². The number of nitrogens with zero attached hydrogens (tertiary/aromatic N) is 1. The number of Topliss-reactive ketones (excluding diaryl/α,β-unsaturated/α-hetero) is 1. The Labute approximate surface area is 125 Å². The molecule has 0 N–H and O–H groups in total. The van der Waals surface area contributed by atoms with E-state index in [0.717, 1.165) is 11.1 Å². The summed E-state index contributed by atoms with van der Waals surface area (Å²) < 4.78 is 13.1. The van der Waals surface area contributed by atoms with Gasteiger partial charge in [0.05, 0.1) is 22.8 Å². The highest BCUT2D eigenvalue weighted by Crippen LogP contribution is 2.35. The lowest BCUT2D eigenvalue weighted by Gasteiger charge is -2.18. The molecule has 1 heterocycles. The van der Waals surface area contributed by atoms with E-state index in [4.69, 9.17) is 11.6 Å². The molecule has 3 rings (SSSR count). The Morgan fingerprint density at radius 2 is 1.95 bits per heavy atom. The predicted octanol–water partition coefficient (Wildman–Crippen LogP) is 3.52. The molecule has 1 amide bonds. The number of hydrogen-bond acceptors (Lipinski definition) is 2. The van der Waals surface area contributed by atoms with Crippen molar-refractivity contribution < 1.29 is 14.0 Å². The minimum Gasteiger partial charge on any atom is -0.300 e. The summed E-state index contributed by atoms with van der Waals surface area (Å²) >= 11 is 6.00. The number of amides is 1. The first-order valence-corrected chi connectivity index (χ1v) is 6.76. The van der Waals surface area contributed by atoms with Gasteiger partial charge in [-0.15, -0.1) is 0 Å². The van der Waals surface area contributed by atoms with Crippen LogP contribution in [0.5, 0.6) is 0 Å². The van der Waals surface area contributed by atoms with Crippen molar-refractivity contribution in [2.24, 2.45) is 0 Å². The van der Waals surface area contributed by atoms with Gasteiger partial charge >= 0.3 is 0 Å². The summed E-state index contributed by atoms with van der Waals surface area (Å²) in [5.74, 6) is -1.54. The quantitative estimate of drug-likeness (QED) is 0.796. The summed E-state index contributed by atoms with van der Waals surface area (Å²) in [5, 5.41) is 0.268. The van der Waals surface area contributed by atoms with E-state index < -0.39 is 11.7 Å². The molecule has 5 heteroatoms. The molecule has 0 saturated carbocycles. The smallest absolute Gasteiger partial charge is 0.299 e. The van der Waals surface area contributed by atoms with Crippen LogP contribution in [0, 0.1) is 12.7 Å². The van der Waals surface area contributed by atoms with Crippen LogP contribution in [0.25, 0.3) is 0 Å². The van der Waals surface area contributed by atoms with Crippen LogP contribution in [0.2, 0.25) is 5.02 Å². The molecule has 0 aliphatic carbocycles. The van der Waals surface area contributed by atoms with Crippen LogP contribution < -0.4 is 4.90 Å². The van der Waals surface area contributed by atoms with E-state index in [2.05, 4.69) is 0 Å². The molecule has 1 aliphatic heterocycles. The zero-order valence-corrected chi connectivity index (χ0v) is 11.9. The molecule has 106 valence electrons. The number of hydrogen-bond donors (Lipinski definition) is 0. The number of carbonyl (C=O) groups is 2. The first-order chi connectivity index (χ1) is 9.99. The highest BCUT2D eigenvalue weighted by Gasteiger charge is 2.37. The number of ketones is 1. The van der Waals surface area contributed by atoms with Crippen molar-refractivity contribution in [1.82, 2.24) is 0 Å². The van der Waals surface area contributed by atoms with Crippen molar-refractivity contribution in [2.45, 2.75) is 13.5 Å². The molecule has 0 fully saturated rings. The zero-order chi connectivity index (χ0) is 15.1. The average molecular weight is 304 g/mol. The molecule has 3 nitrogen and oxygen atoms in total. The van der Waals surface area contributed by atoms with E-state index in [1.165, 1.54) is 17.0 Å². The molecule has 0 aromatic heterocycles. The molecule has 2 aromatic carbocycles. The summed E-state index contributed by atoms with van der Waals surface area (Å²) in [5.41, 5.74) is 2.25. The zero-order valence-electron chi connectivity index (χ0n) is 11.2. The first kappa shape index (κ1) is 13.8. The van der Waals surface area contributed by atoms with E-state index in [0.29, 0.717) is 5.69 Å². The van der Waals surface area contributed by atoms with Gasteiger partial charge in [-0.1, -0.05) is 23.7 Å². The Balaban J connectivity index is 2.03. The van der Waals surface area contributed by atoms with Gasteiger partial charge in [0.25, 0.3) is 11.7 Å². The third kappa shape index (κ3) is 2.21. The molecular weight excluding hydrogens is 293 g/mol. The van der Waals surface area contributed by atoms with Gasteiger partial charge in [-0.05, 0) is 42.3 Å². The molecular formula is C16H11ClFNO2. The molecule has 21 heavy (non-hydrogen) atoms. The Hall–Kier alpha value is -2.20. The molecule has 0 spiro atoms. The van der Waals surface area contributed by atoms with Gasteiger partial charge < -0.3 is 4.90 Å². The van der Waals surface area contributed by atoms with Crippen molar-refractivity contribution in [3.63, 3.8) is 0 Å². The molecule has 2 aromatic rings. The number of anilines is 1. The summed E-state index contributed by atoms with van der Waals surface area (Å²) in [6.07, 6.45) is 0. The largest absolute Gasteiger partial charge is 0.300 e. The van der Waals surface area contributed by atoms with Crippen molar-refractivity contribution in [2.75, 3.05) is 4.90 Å². The Kier molecular flexibility index (Phi) is 3.26. The maximum absolute atomic E-state index is 13.1. The van der Waals surface area contributed by atoms with Crippen LogP contribution in [-0.2, 0) is 11.3 Å². The number of fused-ring (bicyclic) bond motifs is 1. The normalized spacial score (nSPS) is 13.8. The van der Waals surface area contributed by atoms with Gasteiger partial charge in [0.15, 0.2) is 0 Å². The van der Waals surface area contributed by atoms with E-state index in [9.17, 15) is 14.0 Å². The van der Waals surface area contributed by atoms with Crippen LogP contribution in [-0.4, -0.2) is 11.7 Å². The topological polar surface area (TPSA) is 37.4 Å². The van der Waals surface area contributed by atoms with Crippen molar-refractivity contribution >= 4 is 29.0 Å². The highest BCUT2D eigenvalue weighted by atomic mass is 35.5. The number of halogens is 2. The monoisotopic (exact) mass is 303 g/mol. The molecule has 0 unspecified atom stereocenters. The first-order valence-electron chi connectivity index (χ1n) is 6.39. The maximum Gasteiger partial charge on any atom is 0.299 e. The maximum atomic E-state index is 13.1. The Bertz CT molecular complexity index is 773. The van der Waals surface area contributed by atoms with Crippen molar-refractivity contribution in [3.05, 3.63) is 63.9 Å². The minimum absolute atomic E-state index is 0.212. The van der Waals surface area contributed by atoms with E-state index in [1.54, 1.807) is 31.2 Å². The second-order valence-corrected chi connectivity index (χ2v) is 5.33. The lowest BCUT2D eigenvalue weighted by Crippen LogP contribution is -2.29. The van der Waals surface area contributed by atoms with E-state index in [1.807, 2.05) is 0 Å². The average Bonchev–Trinajstić information content (AvgIpc) is 2.68. The van der Waals surface area contributed by atoms with Crippen molar-refractivity contribution in [1.29, 1.82) is 0 Å². The van der Waals surface area contributed by atoms with Crippen LogP contribution in [0.15, 0.2) is 36.4 Å². The summed E-state index contributed by atoms with van der Waals surface area (Å²) in [6, 6.07) is 9.31. The van der Waals surface area contributed by atoms with Crippen LogP contribution in [0.1, 0.15) is 21.5 Å². The third-order valence-electron chi connectivity index (χ3n) is 3.58. The van der Waals surface area contributed by atoms with Gasteiger partial charge in [0.1, 0.15) is 5.82 Å². The van der Waals surface area contributed by atoms with Crippen LogP contribution in [0.4, 0.5) is 10.1 Å². The second-order valence-electron chi connectivity index (χ2n) is 4.93. The number of carbonyl (C=O) groups excluding carboxylic acids is 2. The van der Waals surface area contributed by atoms with E-state index in [-0.39, 0.29) is 22.9 Å². The Morgan fingerprint density at radius 1 is 1.19 bits per heavy atom. The lowest BCUT2D eigenvalue weighted by molar-refractivity contribution is -0.114. The Morgan fingerprint density at radius 3 is 2.67 bits per heavy atom. The number of aryl methyl sites for hydroxylation is 1. The summed E-state index contributed by atoms with van der Waals surface area (Å²) in [7, 11) is 0. The van der Waals surface area contributed by atoms with Crippen LogP contribution >= 0.6 is 11.6 Å². The fourth-order valence-electron chi connectivity index (χ4n) is 2.47. The predicted molar refractivity (Wildman–Crippen MR) is 78.1 cm³/mol. The fourth-order valence-corrected chi connectivity index (χ4v) is 2.72. The third-order valence-corrected chi connectivity index (χ3v) is 3.90. The van der Waals surface area contributed by atoms with Gasteiger partial charge in [0.2, 0.25) is 0 Å². The summed E-state index contributed by atoms with van der Waals surface area (Å²) in [4.78, 5) is 25.5. The van der Waals surface area contributed by atoms with Gasteiger partial charge in [0, 0.05) is 0 Å². The molecule has 0 bridgehead atoms. The number of rotatable bonds is 2. The second kappa shape index (κ2) is 4.97. The van der Waals surface area contributed by atoms with Crippen LogP contribution in [0.3, 0.4) is 0 Å². The summed E-state index contributed by atoms with van der Waals surface area (Å²) in [6.45, 7) is 1.98. The van der Waals surface area contributed by atoms with Gasteiger partial charge in [-0.2, -0.15) is 0 Å². The lowest BCUT2D eigenvalue weighted by atomic mass is 10.1. The highest BCUT2D eigenvalue weighted by molar-refractivity contribution is 6.55. The van der Waals surface area contributed by atoms with Gasteiger partial charge in [-0.3, -0.25) is 9.59 Å². The molecule has 0 atom stereocenters. The fraction of sp³-hybridized carbons (Fsp3) is 0.125. The van der Waals surface area contributed by atoms with Gasteiger partial charge in [-0.25, -0.2) is 4.39 Å². The SMILES string of the molecule is Cc1cc(F)ccc1CN1C(=O)C(=O)c2c(Cl)cccc21.